The van der Waals surface area contributed by atoms with Gasteiger partial charge in [-0.2, -0.15) is 11.8 Å². The van der Waals surface area contributed by atoms with Gasteiger partial charge in [0.15, 0.2) is 0 Å². The van der Waals surface area contributed by atoms with Gasteiger partial charge in [-0.1, -0.05) is 13.8 Å². The van der Waals surface area contributed by atoms with Crippen molar-refractivity contribution < 1.29 is 5.11 Å². The van der Waals surface area contributed by atoms with Gasteiger partial charge in [0.1, 0.15) is 0 Å². The number of thioether (sulfide) groups is 1. The predicted octanol–water partition coefficient (Wildman–Crippen LogP) is 1.35. The van der Waals surface area contributed by atoms with Crippen molar-refractivity contribution in [3.8, 4) is 0 Å². The van der Waals surface area contributed by atoms with Crippen LogP contribution in [0.4, 0.5) is 0 Å². The first-order valence-corrected chi connectivity index (χ1v) is 5.82. The molecule has 0 radical (unpaired) electrons. The maximum atomic E-state index is 8.51. The van der Waals surface area contributed by atoms with Crippen molar-refractivity contribution in [1.82, 2.24) is 5.32 Å². The third-order valence-corrected chi connectivity index (χ3v) is 2.48. The van der Waals surface area contributed by atoms with Crippen LogP contribution in [0.25, 0.3) is 0 Å². The zero-order valence-electron chi connectivity index (χ0n) is 8.18. The van der Waals surface area contributed by atoms with E-state index in [1.54, 1.807) is 0 Å². The third-order valence-electron chi connectivity index (χ3n) is 1.43. The van der Waals surface area contributed by atoms with Crippen LogP contribution in [-0.4, -0.2) is 36.3 Å². The van der Waals surface area contributed by atoms with Gasteiger partial charge in [0.25, 0.3) is 0 Å². The minimum Gasteiger partial charge on any atom is -0.396 e. The Morgan fingerprint density at radius 1 is 1.33 bits per heavy atom. The van der Waals surface area contributed by atoms with E-state index in [1.165, 1.54) is 6.42 Å². The fraction of sp³-hybridized carbons (Fsp3) is 1.00. The summed E-state index contributed by atoms with van der Waals surface area (Å²) in [5.41, 5.74) is 0. The molecule has 0 aromatic heterocycles. The Labute approximate surface area is 80.1 Å². The second-order valence-electron chi connectivity index (χ2n) is 3.29. The first-order valence-electron chi connectivity index (χ1n) is 4.66. The Morgan fingerprint density at radius 3 is 2.67 bits per heavy atom. The topological polar surface area (TPSA) is 32.3 Å². The van der Waals surface area contributed by atoms with Crippen LogP contribution >= 0.6 is 11.8 Å². The van der Waals surface area contributed by atoms with Gasteiger partial charge in [-0.3, -0.25) is 0 Å². The van der Waals surface area contributed by atoms with E-state index in [-0.39, 0.29) is 0 Å². The fourth-order valence-electron chi connectivity index (χ4n) is 0.857. The summed E-state index contributed by atoms with van der Waals surface area (Å²) < 4.78 is 0. The summed E-state index contributed by atoms with van der Waals surface area (Å²) in [5, 5.41) is 11.9. The number of rotatable bonds is 8. The molecule has 0 unspecified atom stereocenters. The van der Waals surface area contributed by atoms with E-state index in [0.717, 1.165) is 30.5 Å². The second-order valence-corrected chi connectivity index (χ2v) is 4.51. The molecule has 2 nitrogen and oxygen atoms in total. The maximum absolute atomic E-state index is 8.51. The van der Waals surface area contributed by atoms with E-state index in [0.29, 0.717) is 6.61 Å². The second kappa shape index (κ2) is 9.36. The lowest BCUT2D eigenvalue weighted by atomic mass is 10.2. The zero-order chi connectivity index (χ0) is 9.23. The molecule has 3 heteroatoms. The monoisotopic (exact) mass is 191 g/mol. The van der Waals surface area contributed by atoms with Crippen LogP contribution in [-0.2, 0) is 0 Å². The van der Waals surface area contributed by atoms with Gasteiger partial charge in [0, 0.05) is 5.75 Å². The van der Waals surface area contributed by atoms with Crippen molar-refractivity contribution in [3.63, 3.8) is 0 Å². The summed E-state index contributed by atoms with van der Waals surface area (Å²) in [5.74, 6) is 2.78. The number of aliphatic hydroxyl groups excluding tert-OH is 1. The molecule has 0 aliphatic heterocycles. The molecule has 0 fully saturated rings. The maximum Gasteiger partial charge on any atom is 0.0521 e. The molecular formula is C9H21NOS. The van der Waals surface area contributed by atoms with Gasteiger partial charge in [-0.15, -0.1) is 0 Å². The Balaban J connectivity index is 2.82. The molecule has 0 spiro atoms. The Bertz CT molecular complexity index is 88.6. The van der Waals surface area contributed by atoms with E-state index in [2.05, 4.69) is 19.2 Å². The summed E-state index contributed by atoms with van der Waals surface area (Å²) in [7, 11) is 0. The quantitative estimate of drug-likeness (QED) is 0.568. The predicted molar refractivity (Wildman–Crippen MR) is 56.7 cm³/mol. The molecule has 12 heavy (non-hydrogen) atoms. The Morgan fingerprint density at radius 2 is 2.08 bits per heavy atom. The van der Waals surface area contributed by atoms with Crippen molar-refractivity contribution >= 4 is 11.8 Å². The van der Waals surface area contributed by atoms with Crippen LogP contribution in [0.15, 0.2) is 0 Å². The summed E-state index contributed by atoms with van der Waals surface area (Å²) in [6.45, 7) is 6.96. The van der Waals surface area contributed by atoms with Gasteiger partial charge in [-0.05, 0) is 31.2 Å². The summed E-state index contributed by atoms with van der Waals surface area (Å²) in [4.78, 5) is 0. The van der Waals surface area contributed by atoms with E-state index < -0.39 is 0 Å². The lowest BCUT2D eigenvalue weighted by Crippen LogP contribution is -2.21. The van der Waals surface area contributed by atoms with Crippen LogP contribution in [0.3, 0.4) is 0 Å². The standard InChI is InChI=1S/C9H21NOS/c1-9(2)8-10-4-3-6-12-7-5-11/h9-11H,3-8H2,1-2H3. The molecule has 0 amide bonds. The van der Waals surface area contributed by atoms with Gasteiger partial charge in [-0.25, -0.2) is 0 Å². The van der Waals surface area contributed by atoms with Crippen LogP contribution in [0.5, 0.6) is 0 Å². The molecule has 0 aromatic rings. The van der Waals surface area contributed by atoms with Gasteiger partial charge < -0.3 is 10.4 Å². The van der Waals surface area contributed by atoms with Crippen LogP contribution in [0.1, 0.15) is 20.3 Å². The van der Waals surface area contributed by atoms with Crippen LogP contribution in [0.2, 0.25) is 0 Å². The summed E-state index contributed by atoms with van der Waals surface area (Å²) in [6, 6.07) is 0. The Hall–Kier alpha value is 0.270. The highest BCUT2D eigenvalue weighted by Crippen LogP contribution is 1.99. The van der Waals surface area contributed by atoms with Crippen LogP contribution < -0.4 is 5.32 Å². The molecule has 0 bridgehead atoms. The molecular weight excluding hydrogens is 170 g/mol. The van der Waals surface area contributed by atoms with Crippen molar-refractivity contribution in [1.29, 1.82) is 0 Å². The average molecular weight is 191 g/mol. The molecule has 0 aliphatic carbocycles. The molecule has 0 aliphatic rings. The number of nitrogens with one attached hydrogen (secondary N) is 1. The number of hydrogen-bond acceptors (Lipinski definition) is 3. The van der Waals surface area contributed by atoms with E-state index in [1.807, 2.05) is 11.8 Å². The SMILES string of the molecule is CC(C)CNCCCSCCO. The first-order chi connectivity index (χ1) is 5.77. The zero-order valence-corrected chi connectivity index (χ0v) is 8.99. The largest absolute Gasteiger partial charge is 0.396 e. The highest BCUT2D eigenvalue weighted by atomic mass is 32.2. The molecule has 74 valence electrons. The smallest absolute Gasteiger partial charge is 0.0521 e. The molecule has 0 aromatic carbocycles. The van der Waals surface area contributed by atoms with Crippen LogP contribution in [0, 0.1) is 5.92 Å². The van der Waals surface area contributed by atoms with Crippen molar-refractivity contribution in [2.45, 2.75) is 20.3 Å². The van der Waals surface area contributed by atoms with E-state index >= 15 is 0 Å². The summed E-state index contributed by atoms with van der Waals surface area (Å²) in [6.07, 6.45) is 1.21. The van der Waals surface area contributed by atoms with Crippen molar-refractivity contribution in [3.05, 3.63) is 0 Å². The normalized spacial score (nSPS) is 11.0. The fourth-order valence-corrected chi connectivity index (χ4v) is 1.54. The van der Waals surface area contributed by atoms with Gasteiger partial charge >= 0.3 is 0 Å². The third kappa shape index (κ3) is 10.3. The minimum atomic E-state index is 0.310. The lowest BCUT2D eigenvalue weighted by molar-refractivity contribution is 0.322. The molecule has 0 rings (SSSR count). The highest BCUT2D eigenvalue weighted by Gasteiger charge is 1.92. The molecule has 0 saturated carbocycles. The first kappa shape index (κ1) is 12.3. The molecule has 0 saturated heterocycles. The van der Waals surface area contributed by atoms with Gasteiger partial charge in [0.2, 0.25) is 0 Å². The number of aliphatic hydroxyl groups is 1. The molecule has 0 heterocycles. The van der Waals surface area contributed by atoms with E-state index in [4.69, 9.17) is 5.11 Å². The molecule has 0 atom stereocenters. The van der Waals surface area contributed by atoms with Crippen molar-refractivity contribution in [2.75, 3.05) is 31.2 Å². The lowest BCUT2D eigenvalue weighted by Gasteiger charge is -2.06. The average Bonchev–Trinajstić information content (AvgIpc) is 2.02. The highest BCUT2D eigenvalue weighted by molar-refractivity contribution is 7.99. The summed E-state index contributed by atoms with van der Waals surface area (Å²) >= 11 is 1.82. The van der Waals surface area contributed by atoms with Crippen molar-refractivity contribution in [2.24, 2.45) is 5.92 Å². The minimum absolute atomic E-state index is 0.310. The molecule has 2 N–H and O–H groups in total. The van der Waals surface area contributed by atoms with Gasteiger partial charge in [0.05, 0.1) is 6.61 Å². The Kier molecular flexibility index (Phi) is 9.57. The van der Waals surface area contributed by atoms with E-state index in [9.17, 15) is 0 Å². The number of hydrogen-bond donors (Lipinski definition) is 2.